The number of aryl methyl sites for hydroxylation is 2. The quantitative estimate of drug-likeness (QED) is 0.249. The van der Waals surface area contributed by atoms with Crippen molar-refractivity contribution in [2.45, 2.75) is 46.3 Å². The molecule has 3 aromatic rings. The first-order valence-electron chi connectivity index (χ1n) is 16.7. The number of benzene rings is 3. The molecule has 2 fully saturated rings. The minimum Gasteiger partial charge on any atom is -0.379 e. The van der Waals surface area contributed by atoms with E-state index in [1.807, 2.05) is 13.8 Å². The summed E-state index contributed by atoms with van der Waals surface area (Å²) in [5, 5.41) is 0.0543. The second-order valence-electron chi connectivity index (χ2n) is 12.4. The van der Waals surface area contributed by atoms with Gasteiger partial charge in [-0.15, -0.1) is 0 Å². The molecule has 2 N–H and O–H groups in total. The van der Waals surface area contributed by atoms with Crippen molar-refractivity contribution in [3.8, 4) is 0 Å². The van der Waals surface area contributed by atoms with Crippen LogP contribution in [0.5, 0.6) is 0 Å². The Hall–Kier alpha value is -2.49. The Labute approximate surface area is 318 Å². The van der Waals surface area contributed by atoms with Crippen molar-refractivity contribution in [1.29, 1.82) is 0 Å². The Kier molecular flexibility index (Phi) is 17.3. The topological polar surface area (TPSA) is 202 Å². The van der Waals surface area contributed by atoms with E-state index in [0.717, 1.165) is 37.3 Å². The average Bonchev–Trinajstić information content (AvgIpc) is 3.09. The molecule has 0 aromatic heterocycles. The lowest BCUT2D eigenvalue weighted by Gasteiger charge is -2.26. The molecule has 2 aliphatic rings. The van der Waals surface area contributed by atoms with Gasteiger partial charge in [0.05, 0.1) is 62.5 Å². The van der Waals surface area contributed by atoms with Gasteiger partial charge in [-0.1, -0.05) is 47.0 Å². The summed E-state index contributed by atoms with van der Waals surface area (Å²) in [6.45, 7) is 10.8. The highest BCUT2D eigenvalue weighted by Crippen LogP contribution is 2.27. The van der Waals surface area contributed by atoms with Crippen LogP contribution in [0.1, 0.15) is 24.0 Å². The van der Waals surface area contributed by atoms with Gasteiger partial charge in [0.1, 0.15) is 0 Å². The van der Waals surface area contributed by atoms with Crippen LogP contribution in [0.2, 0.25) is 5.02 Å². The number of hydrogen-bond acceptors (Lipinski definition) is 12. The fourth-order valence-corrected chi connectivity index (χ4v) is 9.39. The van der Waals surface area contributed by atoms with E-state index >= 15 is 0 Å². The fourth-order valence-electron chi connectivity index (χ4n) is 5.17. The van der Waals surface area contributed by atoms with E-state index < -0.39 is 39.9 Å². The summed E-state index contributed by atoms with van der Waals surface area (Å²) in [7, 11) is -15.3. The molecule has 0 bridgehead atoms. The van der Waals surface area contributed by atoms with E-state index in [4.69, 9.17) is 30.2 Å². The van der Waals surface area contributed by atoms with Gasteiger partial charge in [-0.05, 0) is 82.2 Å². The number of morpholine rings is 2. The molecule has 0 aliphatic carbocycles. The molecule has 5 rings (SSSR count). The van der Waals surface area contributed by atoms with Crippen LogP contribution < -0.4 is 0 Å². The minimum atomic E-state index is -4.02. The fraction of sp³-hybridized carbons (Fsp3) is 0.471. The molecule has 19 heteroatoms. The number of halogens is 1. The third-order valence-electron chi connectivity index (χ3n) is 8.22. The first-order valence-corrected chi connectivity index (χ1v) is 23.3. The monoisotopic (exact) mass is 838 g/mol. The van der Waals surface area contributed by atoms with E-state index in [1.54, 1.807) is 24.3 Å². The van der Waals surface area contributed by atoms with Crippen molar-refractivity contribution in [1.82, 2.24) is 9.80 Å². The van der Waals surface area contributed by atoms with Gasteiger partial charge in [-0.2, -0.15) is 16.8 Å². The number of sulfone groups is 2. The first kappa shape index (κ1) is 44.9. The minimum absolute atomic E-state index is 0.00521. The van der Waals surface area contributed by atoms with Crippen LogP contribution in [0.15, 0.2) is 86.3 Å². The SMILES string of the molecule is Cc1ccc(S(=O)(=O)O)cc1.Cc1ccc(S(=O)(=O)O)cc1.O=S(=O)(CCCN1CCOCC1)c1ccc(Cl)c(S(=O)(=O)CCCN2CCOCC2)c1. The molecule has 0 spiro atoms. The largest absolute Gasteiger partial charge is 0.379 e. The van der Waals surface area contributed by atoms with Gasteiger partial charge in [0.15, 0.2) is 19.7 Å². The van der Waals surface area contributed by atoms with Crippen LogP contribution in [0.25, 0.3) is 0 Å². The maximum absolute atomic E-state index is 12.9. The third kappa shape index (κ3) is 15.6. The lowest BCUT2D eigenvalue weighted by Crippen LogP contribution is -2.37. The highest BCUT2D eigenvalue weighted by atomic mass is 35.5. The molecule has 0 radical (unpaired) electrons. The highest BCUT2D eigenvalue weighted by Gasteiger charge is 2.24. The Morgan fingerprint density at radius 1 is 0.566 bits per heavy atom. The molecule has 296 valence electrons. The normalized spacial score (nSPS) is 16.2. The second-order valence-corrected chi connectivity index (χ2v) is 19.9. The van der Waals surface area contributed by atoms with E-state index in [9.17, 15) is 33.7 Å². The molecule has 14 nitrogen and oxygen atoms in total. The van der Waals surface area contributed by atoms with E-state index in [2.05, 4.69) is 9.80 Å². The lowest BCUT2D eigenvalue weighted by atomic mass is 10.2. The van der Waals surface area contributed by atoms with Gasteiger partial charge in [0.2, 0.25) is 0 Å². The van der Waals surface area contributed by atoms with Crippen molar-refractivity contribution < 1.29 is 52.3 Å². The molecule has 0 saturated carbocycles. The highest BCUT2D eigenvalue weighted by molar-refractivity contribution is 7.92. The van der Waals surface area contributed by atoms with Crippen molar-refractivity contribution in [2.24, 2.45) is 0 Å². The van der Waals surface area contributed by atoms with Gasteiger partial charge in [0.25, 0.3) is 20.2 Å². The molecule has 0 atom stereocenters. The van der Waals surface area contributed by atoms with Crippen LogP contribution in [0.4, 0.5) is 0 Å². The van der Waals surface area contributed by atoms with Crippen LogP contribution in [0.3, 0.4) is 0 Å². The van der Waals surface area contributed by atoms with Gasteiger partial charge in [-0.3, -0.25) is 18.9 Å². The zero-order valence-corrected chi connectivity index (χ0v) is 33.7. The van der Waals surface area contributed by atoms with Gasteiger partial charge >= 0.3 is 0 Å². The molecule has 53 heavy (non-hydrogen) atoms. The number of rotatable bonds is 12. The summed E-state index contributed by atoms with van der Waals surface area (Å²) in [4.78, 5) is 4.10. The smallest absolute Gasteiger partial charge is 0.294 e. The summed E-state index contributed by atoms with van der Waals surface area (Å²) in [6.07, 6.45) is 0.932. The van der Waals surface area contributed by atoms with E-state index in [-0.39, 0.29) is 36.1 Å². The molecule has 3 aromatic carbocycles. The maximum atomic E-state index is 12.9. The predicted molar refractivity (Wildman–Crippen MR) is 201 cm³/mol. The molecular formula is C34H47ClN2O12S4. The Bertz CT molecular complexity index is 1980. The molecule has 0 amide bonds. The molecule has 0 unspecified atom stereocenters. The maximum Gasteiger partial charge on any atom is 0.294 e. The van der Waals surface area contributed by atoms with Crippen molar-refractivity contribution in [2.75, 3.05) is 77.2 Å². The number of ether oxygens (including phenoxy) is 2. The van der Waals surface area contributed by atoms with Crippen LogP contribution in [-0.2, 0) is 49.4 Å². The molecular weight excluding hydrogens is 792 g/mol. The van der Waals surface area contributed by atoms with Crippen molar-refractivity contribution >= 4 is 51.5 Å². The lowest BCUT2D eigenvalue weighted by molar-refractivity contribution is 0.0380. The van der Waals surface area contributed by atoms with Crippen LogP contribution in [-0.4, -0.2) is 130 Å². The molecule has 2 heterocycles. The van der Waals surface area contributed by atoms with Crippen molar-refractivity contribution in [3.05, 3.63) is 82.9 Å². The Balaban J connectivity index is 0.000000278. The summed E-state index contributed by atoms with van der Waals surface area (Å²) in [6, 6.07) is 15.9. The molecule has 2 saturated heterocycles. The second kappa shape index (κ2) is 20.4. The summed E-state index contributed by atoms with van der Waals surface area (Å²) < 4.78 is 121. The predicted octanol–water partition coefficient (Wildman–Crippen LogP) is 3.82. The van der Waals surface area contributed by atoms with Crippen LogP contribution >= 0.6 is 11.6 Å². The Morgan fingerprint density at radius 3 is 1.30 bits per heavy atom. The Morgan fingerprint density at radius 2 is 0.925 bits per heavy atom. The first-order chi connectivity index (χ1) is 24.8. The standard InChI is InChI=1S/C20H31ClN2O6S2.2C7H8O3S/c21-19-4-3-18(30(24,25)15-1-5-22-7-11-28-12-8-22)17-20(19)31(26,27)16-2-6-23-9-13-29-14-10-23;2*1-6-2-4-7(5-3-6)11(8,9)10/h3-4,17H,1-2,5-16H2;2*2-5H,1H3,(H,8,9,10). The van der Waals surface area contributed by atoms with Gasteiger partial charge < -0.3 is 9.47 Å². The van der Waals surface area contributed by atoms with Gasteiger partial charge in [0, 0.05) is 26.2 Å². The number of hydrogen-bond donors (Lipinski definition) is 2. The summed E-state index contributed by atoms with van der Waals surface area (Å²) in [5.41, 5.74) is 1.91. The summed E-state index contributed by atoms with van der Waals surface area (Å²) in [5.74, 6) is -0.118. The van der Waals surface area contributed by atoms with E-state index in [1.165, 1.54) is 42.5 Å². The zero-order valence-electron chi connectivity index (χ0n) is 29.6. The average molecular weight is 839 g/mol. The zero-order chi connectivity index (χ0) is 39.3. The van der Waals surface area contributed by atoms with E-state index in [0.29, 0.717) is 52.4 Å². The molecule has 2 aliphatic heterocycles. The number of nitrogens with zero attached hydrogens (tertiary/aromatic N) is 2. The third-order valence-corrected chi connectivity index (χ3v) is 14.0. The summed E-state index contributed by atoms with van der Waals surface area (Å²) >= 11 is 6.14. The van der Waals surface area contributed by atoms with Gasteiger partial charge in [-0.25, -0.2) is 16.8 Å². The van der Waals surface area contributed by atoms with Crippen molar-refractivity contribution in [3.63, 3.8) is 0 Å². The van der Waals surface area contributed by atoms with Crippen LogP contribution in [0, 0.1) is 13.8 Å².